The van der Waals surface area contributed by atoms with Crippen molar-refractivity contribution in [3.8, 4) is 11.5 Å². The van der Waals surface area contributed by atoms with E-state index in [1.807, 2.05) is 18.2 Å². The molecule has 1 aromatic carbocycles. The summed E-state index contributed by atoms with van der Waals surface area (Å²) in [5, 5.41) is 0. The van der Waals surface area contributed by atoms with Crippen molar-refractivity contribution in [2.75, 3.05) is 27.8 Å². The number of hydrogen-bond donors (Lipinski definition) is 1. The molecule has 1 heterocycles. The minimum atomic E-state index is -0.350. The van der Waals surface area contributed by atoms with Gasteiger partial charge in [0.15, 0.2) is 11.5 Å². The molecular weight excluding hydrogens is 320 g/mol. The van der Waals surface area contributed by atoms with Crippen LogP contribution in [0.15, 0.2) is 35.1 Å². The topological polar surface area (TPSA) is 71.6 Å². The number of aromatic amines is 1. The summed E-state index contributed by atoms with van der Waals surface area (Å²) in [6.45, 7) is 2.34. The average molecular weight is 344 g/mol. The van der Waals surface area contributed by atoms with E-state index in [1.54, 1.807) is 45.2 Å². The van der Waals surface area contributed by atoms with Gasteiger partial charge in [-0.25, -0.2) is 0 Å². The van der Waals surface area contributed by atoms with Gasteiger partial charge in [-0.05, 0) is 49.6 Å². The molecule has 0 saturated carbocycles. The SMILES string of the molecule is COc1ccc(CCCN(C)C(=O)c2ccc(C)[nH]c2=O)cc1OC. The summed E-state index contributed by atoms with van der Waals surface area (Å²) in [5.41, 5.74) is 1.65. The average Bonchev–Trinajstić information content (AvgIpc) is 2.60. The van der Waals surface area contributed by atoms with E-state index in [2.05, 4.69) is 4.98 Å². The predicted molar refractivity (Wildman–Crippen MR) is 96.6 cm³/mol. The normalized spacial score (nSPS) is 10.4. The first kappa shape index (κ1) is 18.6. The van der Waals surface area contributed by atoms with E-state index in [0.717, 1.165) is 24.1 Å². The zero-order valence-corrected chi connectivity index (χ0v) is 15.1. The van der Waals surface area contributed by atoms with Crippen LogP contribution in [-0.2, 0) is 6.42 Å². The van der Waals surface area contributed by atoms with E-state index in [1.165, 1.54) is 0 Å². The zero-order valence-electron chi connectivity index (χ0n) is 15.1. The minimum absolute atomic E-state index is 0.166. The molecule has 0 saturated heterocycles. The van der Waals surface area contributed by atoms with Gasteiger partial charge in [-0.3, -0.25) is 9.59 Å². The van der Waals surface area contributed by atoms with Gasteiger partial charge in [-0.2, -0.15) is 0 Å². The van der Waals surface area contributed by atoms with Crippen LogP contribution >= 0.6 is 0 Å². The summed E-state index contributed by atoms with van der Waals surface area (Å²) in [7, 11) is 4.91. The summed E-state index contributed by atoms with van der Waals surface area (Å²) < 4.78 is 10.5. The van der Waals surface area contributed by atoms with Crippen LogP contribution in [-0.4, -0.2) is 43.6 Å². The first-order valence-corrected chi connectivity index (χ1v) is 8.12. The lowest BCUT2D eigenvalue weighted by atomic mass is 10.1. The first-order valence-electron chi connectivity index (χ1n) is 8.12. The molecule has 134 valence electrons. The fourth-order valence-electron chi connectivity index (χ4n) is 2.60. The number of nitrogens with zero attached hydrogens (tertiary/aromatic N) is 1. The maximum Gasteiger partial charge on any atom is 0.260 e. The molecule has 0 aliphatic heterocycles. The van der Waals surface area contributed by atoms with E-state index in [4.69, 9.17) is 9.47 Å². The second kappa shape index (κ2) is 8.37. The fourth-order valence-corrected chi connectivity index (χ4v) is 2.60. The molecule has 0 radical (unpaired) electrons. The lowest BCUT2D eigenvalue weighted by molar-refractivity contribution is 0.0792. The Hall–Kier alpha value is -2.76. The number of pyridine rings is 1. The lowest BCUT2D eigenvalue weighted by Crippen LogP contribution is -2.32. The van der Waals surface area contributed by atoms with Crippen LogP contribution < -0.4 is 15.0 Å². The van der Waals surface area contributed by atoms with Gasteiger partial charge < -0.3 is 19.4 Å². The van der Waals surface area contributed by atoms with Crippen molar-refractivity contribution >= 4 is 5.91 Å². The third kappa shape index (κ3) is 4.62. The Labute approximate surface area is 147 Å². The van der Waals surface area contributed by atoms with Crippen molar-refractivity contribution in [1.29, 1.82) is 0 Å². The van der Waals surface area contributed by atoms with Crippen molar-refractivity contribution in [3.63, 3.8) is 0 Å². The highest BCUT2D eigenvalue weighted by atomic mass is 16.5. The van der Waals surface area contributed by atoms with Crippen molar-refractivity contribution in [2.45, 2.75) is 19.8 Å². The molecule has 25 heavy (non-hydrogen) atoms. The van der Waals surface area contributed by atoms with Crippen molar-refractivity contribution in [3.05, 3.63) is 57.5 Å². The number of aromatic nitrogens is 1. The second-order valence-electron chi connectivity index (χ2n) is 5.90. The Morgan fingerprint density at radius 1 is 1.12 bits per heavy atom. The number of ether oxygens (including phenoxy) is 2. The van der Waals surface area contributed by atoms with E-state index < -0.39 is 0 Å². The summed E-state index contributed by atoms with van der Waals surface area (Å²) >= 11 is 0. The second-order valence-corrected chi connectivity index (χ2v) is 5.90. The molecule has 6 nitrogen and oxygen atoms in total. The Morgan fingerprint density at radius 2 is 1.84 bits per heavy atom. The number of amides is 1. The number of carbonyl (C=O) groups excluding carboxylic acids is 1. The molecule has 0 aliphatic rings. The molecule has 1 aromatic heterocycles. The molecular formula is C19H24N2O4. The molecule has 0 aliphatic carbocycles. The maximum atomic E-state index is 12.4. The van der Waals surface area contributed by atoms with E-state index in [9.17, 15) is 9.59 Å². The molecule has 0 spiro atoms. The quantitative estimate of drug-likeness (QED) is 0.837. The molecule has 1 N–H and O–H groups in total. The molecule has 0 unspecified atom stereocenters. The van der Waals surface area contributed by atoms with E-state index in [-0.39, 0.29) is 17.0 Å². The van der Waals surface area contributed by atoms with Gasteiger partial charge in [-0.15, -0.1) is 0 Å². The fraction of sp³-hybridized carbons (Fsp3) is 0.368. The third-order valence-corrected chi connectivity index (χ3v) is 4.04. The Balaban J connectivity index is 1.95. The Bertz CT molecular complexity index is 798. The number of aryl methyl sites for hydroxylation is 2. The maximum absolute atomic E-state index is 12.4. The predicted octanol–water partition coefficient (Wildman–Crippen LogP) is 2.41. The van der Waals surface area contributed by atoms with Gasteiger partial charge in [0.25, 0.3) is 11.5 Å². The smallest absolute Gasteiger partial charge is 0.260 e. The van der Waals surface area contributed by atoms with Crippen LogP contribution in [0.5, 0.6) is 11.5 Å². The van der Waals surface area contributed by atoms with Crippen LogP contribution in [0.3, 0.4) is 0 Å². The first-order chi connectivity index (χ1) is 12.0. The van der Waals surface area contributed by atoms with Gasteiger partial charge in [0.1, 0.15) is 5.56 Å². The Morgan fingerprint density at radius 3 is 2.48 bits per heavy atom. The number of hydrogen-bond acceptors (Lipinski definition) is 4. The highest BCUT2D eigenvalue weighted by Gasteiger charge is 2.15. The highest BCUT2D eigenvalue weighted by Crippen LogP contribution is 2.27. The number of benzene rings is 1. The lowest BCUT2D eigenvalue weighted by Gasteiger charge is -2.17. The van der Waals surface area contributed by atoms with Crippen molar-refractivity contribution in [2.24, 2.45) is 0 Å². The Kier molecular flexibility index (Phi) is 6.22. The van der Waals surface area contributed by atoms with Crippen LogP contribution in [0.25, 0.3) is 0 Å². The van der Waals surface area contributed by atoms with Gasteiger partial charge in [0.2, 0.25) is 0 Å². The third-order valence-electron chi connectivity index (χ3n) is 4.04. The largest absolute Gasteiger partial charge is 0.493 e. The van der Waals surface area contributed by atoms with E-state index >= 15 is 0 Å². The van der Waals surface area contributed by atoms with Gasteiger partial charge >= 0.3 is 0 Å². The summed E-state index contributed by atoms with van der Waals surface area (Å²) in [4.78, 5) is 28.5. The summed E-state index contributed by atoms with van der Waals surface area (Å²) in [5.74, 6) is 1.11. The van der Waals surface area contributed by atoms with Crippen LogP contribution in [0.1, 0.15) is 28.0 Å². The molecule has 2 aromatic rings. The monoisotopic (exact) mass is 344 g/mol. The van der Waals surface area contributed by atoms with Crippen LogP contribution in [0.4, 0.5) is 0 Å². The number of H-pyrrole nitrogens is 1. The minimum Gasteiger partial charge on any atom is -0.493 e. The van der Waals surface area contributed by atoms with E-state index in [0.29, 0.717) is 18.0 Å². The summed E-state index contributed by atoms with van der Waals surface area (Å²) in [6.07, 6.45) is 1.57. The molecule has 0 bridgehead atoms. The van der Waals surface area contributed by atoms with Crippen molar-refractivity contribution in [1.82, 2.24) is 9.88 Å². The molecule has 6 heteroatoms. The number of nitrogens with one attached hydrogen (secondary N) is 1. The van der Waals surface area contributed by atoms with Crippen molar-refractivity contribution < 1.29 is 14.3 Å². The number of carbonyl (C=O) groups is 1. The molecule has 2 rings (SSSR count). The van der Waals surface area contributed by atoms with Gasteiger partial charge in [-0.1, -0.05) is 6.07 Å². The number of rotatable bonds is 7. The van der Waals surface area contributed by atoms with Crippen LogP contribution in [0.2, 0.25) is 0 Å². The number of methoxy groups -OCH3 is 2. The highest BCUT2D eigenvalue weighted by molar-refractivity contribution is 5.93. The summed E-state index contributed by atoms with van der Waals surface area (Å²) in [6, 6.07) is 9.08. The van der Waals surface area contributed by atoms with Crippen LogP contribution in [0, 0.1) is 6.92 Å². The van der Waals surface area contributed by atoms with Gasteiger partial charge in [0.05, 0.1) is 14.2 Å². The molecule has 0 fully saturated rings. The standard InChI is InChI=1S/C19H24N2O4/c1-13-7-9-15(18(22)20-13)19(23)21(2)11-5-6-14-8-10-16(24-3)17(12-14)25-4/h7-10,12H,5-6,11H2,1-4H3,(H,20,22). The zero-order chi connectivity index (χ0) is 18.4. The molecule has 0 atom stereocenters. The van der Waals surface area contributed by atoms with Gasteiger partial charge in [0, 0.05) is 19.3 Å². The molecule has 1 amide bonds.